The SMILES string of the molecule is c1cncc(COC[C@@H]2CC[C@@H]3[C@@H]2OCCN3Cc2ccco2)c1. The summed E-state index contributed by atoms with van der Waals surface area (Å²) < 4.78 is 17.6. The second-order valence-corrected chi connectivity index (χ2v) is 6.67. The topological polar surface area (TPSA) is 47.7 Å². The Morgan fingerprint density at radius 2 is 2.25 bits per heavy atom. The molecule has 4 rings (SSSR count). The molecule has 1 saturated carbocycles. The van der Waals surface area contributed by atoms with E-state index in [2.05, 4.69) is 9.88 Å². The summed E-state index contributed by atoms with van der Waals surface area (Å²) in [5.74, 6) is 1.51. The number of fused-ring (bicyclic) bond motifs is 1. The van der Waals surface area contributed by atoms with E-state index in [1.807, 2.05) is 30.5 Å². The van der Waals surface area contributed by atoms with Crippen LogP contribution >= 0.6 is 0 Å². The van der Waals surface area contributed by atoms with E-state index in [4.69, 9.17) is 13.9 Å². The first-order valence-corrected chi connectivity index (χ1v) is 8.75. The van der Waals surface area contributed by atoms with Crippen LogP contribution in [0.5, 0.6) is 0 Å². The van der Waals surface area contributed by atoms with E-state index in [-0.39, 0.29) is 6.10 Å². The Balaban J connectivity index is 1.31. The summed E-state index contributed by atoms with van der Waals surface area (Å²) >= 11 is 0. The summed E-state index contributed by atoms with van der Waals surface area (Å²) in [6.45, 7) is 4.02. The van der Waals surface area contributed by atoms with Gasteiger partial charge in [-0.15, -0.1) is 0 Å². The van der Waals surface area contributed by atoms with Crippen LogP contribution in [0, 0.1) is 5.92 Å². The van der Waals surface area contributed by atoms with E-state index < -0.39 is 0 Å². The zero-order valence-electron chi connectivity index (χ0n) is 13.8. The van der Waals surface area contributed by atoms with Crippen molar-refractivity contribution < 1.29 is 13.9 Å². The predicted octanol–water partition coefficient (Wildman–Crippen LogP) is 2.87. The molecule has 0 unspecified atom stereocenters. The Hall–Kier alpha value is -1.69. The van der Waals surface area contributed by atoms with E-state index in [0.29, 0.717) is 18.6 Å². The largest absolute Gasteiger partial charge is 0.468 e. The van der Waals surface area contributed by atoms with Gasteiger partial charge in [-0.05, 0) is 36.6 Å². The first kappa shape index (κ1) is 15.8. The molecule has 128 valence electrons. The number of morpholine rings is 1. The summed E-state index contributed by atoms with van der Waals surface area (Å²) in [6.07, 6.45) is 8.01. The maximum absolute atomic E-state index is 6.10. The molecule has 1 aliphatic heterocycles. The van der Waals surface area contributed by atoms with Gasteiger partial charge in [0.15, 0.2) is 0 Å². The van der Waals surface area contributed by atoms with Crippen LogP contribution in [-0.2, 0) is 22.6 Å². The second-order valence-electron chi connectivity index (χ2n) is 6.67. The van der Waals surface area contributed by atoms with Crippen LogP contribution < -0.4 is 0 Å². The monoisotopic (exact) mass is 328 g/mol. The van der Waals surface area contributed by atoms with Gasteiger partial charge in [-0.25, -0.2) is 0 Å². The van der Waals surface area contributed by atoms with Crippen LogP contribution in [0.2, 0.25) is 0 Å². The van der Waals surface area contributed by atoms with Gasteiger partial charge in [0.05, 0.1) is 38.7 Å². The number of hydrogen-bond acceptors (Lipinski definition) is 5. The predicted molar refractivity (Wildman–Crippen MR) is 89.3 cm³/mol. The molecule has 5 nitrogen and oxygen atoms in total. The molecule has 2 fully saturated rings. The first-order chi connectivity index (χ1) is 11.9. The number of rotatable bonds is 6. The van der Waals surface area contributed by atoms with Gasteiger partial charge in [-0.1, -0.05) is 6.07 Å². The molecule has 1 saturated heterocycles. The molecule has 5 heteroatoms. The van der Waals surface area contributed by atoms with Crippen LogP contribution in [0.25, 0.3) is 0 Å². The van der Waals surface area contributed by atoms with Gasteiger partial charge in [-0.3, -0.25) is 9.88 Å². The van der Waals surface area contributed by atoms with Crippen LogP contribution in [0.3, 0.4) is 0 Å². The molecule has 3 atom stereocenters. The van der Waals surface area contributed by atoms with Crippen molar-refractivity contribution in [3.63, 3.8) is 0 Å². The molecule has 0 N–H and O–H groups in total. The van der Waals surface area contributed by atoms with Crippen molar-refractivity contribution in [2.75, 3.05) is 19.8 Å². The lowest BCUT2D eigenvalue weighted by molar-refractivity contribution is -0.0904. The van der Waals surface area contributed by atoms with E-state index in [1.54, 1.807) is 12.5 Å². The quantitative estimate of drug-likeness (QED) is 0.816. The fourth-order valence-corrected chi connectivity index (χ4v) is 3.93. The van der Waals surface area contributed by atoms with Gasteiger partial charge in [0, 0.05) is 30.9 Å². The van der Waals surface area contributed by atoms with E-state index in [1.165, 1.54) is 6.42 Å². The number of pyridine rings is 1. The number of furan rings is 1. The molecule has 1 aliphatic carbocycles. The minimum atomic E-state index is 0.280. The van der Waals surface area contributed by atoms with Crippen LogP contribution in [-0.4, -0.2) is 41.8 Å². The number of ether oxygens (including phenoxy) is 2. The third-order valence-corrected chi connectivity index (χ3v) is 5.10. The number of nitrogens with zero attached hydrogens (tertiary/aromatic N) is 2. The molecule has 2 aromatic rings. The van der Waals surface area contributed by atoms with Crippen LogP contribution in [0.4, 0.5) is 0 Å². The van der Waals surface area contributed by atoms with Crippen molar-refractivity contribution in [2.45, 2.75) is 38.1 Å². The highest BCUT2D eigenvalue weighted by Gasteiger charge is 2.42. The molecular weight excluding hydrogens is 304 g/mol. The standard InChI is InChI=1S/C19H24N2O3/c1-3-15(11-20-7-1)13-22-14-16-5-6-18-19(16)24-10-8-21(18)12-17-4-2-9-23-17/h1-4,7,9,11,16,18-19H,5-6,8,10,12-14H2/t16-,18+,19+/m0/s1. The molecular formula is C19H24N2O3. The zero-order chi connectivity index (χ0) is 16.2. The number of hydrogen-bond donors (Lipinski definition) is 0. The number of aromatic nitrogens is 1. The maximum atomic E-state index is 6.10. The van der Waals surface area contributed by atoms with Gasteiger partial charge in [0.1, 0.15) is 5.76 Å². The molecule has 0 bridgehead atoms. The van der Waals surface area contributed by atoms with Gasteiger partial charge in [0.25, 0.3) is 0 Å². The lowest BCUT2D eigenvalue weighted by Gasteiger charge is -2.38. The summed E-state index contributed by atoms with van der Waals surface area (Å²) in [5.41, 5.74) is 1.12. The lowest BCUT2D eigenvalue weighted by Crippen LogP contribution is -2.50. The summed E-state index contributed by atoms with van der Waals surface area (Å²) in [4.78, 5) is 6.63. The first-order valence-electron chi connectivity index (χ1n) is 8.75. The molecule has 0 radical (unpaired) electrons. The van der Waals surface area contributed by atoms with Gasteiger partial charge >= 0.3 is 0 Å². The minimum Gasteiger partial charge on any atom is -0.468 e. The van der Waals surface area contributed by atoms with Gasteiger partial charge in [0.2, 0.25) is 0 Å². The third-order valence-electron chi connectivity index (χ3n) is 5.10. The van der Waals surface area contributed by atoms with Crippen LogP contribution in [0.15, 0.2) is 47.3 Å². The molecule has 0 aromatic carbocycles. The van der Waals surface area contributed by atoms with Crippen molar-refractivity contribution in [1.29, 1.82) is 0 Å². The molecule has 3 heterocycles. The highest BCUT2D eigenvalue weighted by Crippen LogP contribution is 2.35. The Morgan fingerprint density at radius 1 is 1.25 bits per heavy atom. The molecule has 0 amide bonds. The van der Waals surface area contributed by atoms with Gasteiger partial charge in [-0.2, -0.15) is 0 Å². The molecule has 2 aromatic heterocycles. The Morgan fingerprint density at radius 3 is 3.08 bits per heavy atom. The van der Waals surface area contributed by atoms with Crippen molar-refractivity contribution in [3.05, 3.63) is 54.2 Å². The fraction of sp³-hybridized carbons (Fsp3) is 0.526. The fourth-order valence-electron chi connectivity index (χ4n) is 3.93. The van der Waals surface area contributed by atoms with Crippen molar-refractivity contribution in [3.8, 4) is 0 Å². The molecule has 0 spiro atoms. The highest BCUT2D eigenvalue weighted by molar-refractivity contribution is 5.07. The normalized spacial score (nSPS) is 27.2. The Bertz CT molecular complexity index is 617. The summed E-state index contributed by atoms with van der Waals surface area (Å²) in [6, 6.07) is 8.48. The average molecular weight is 328 g/mol. The van der Waals surface area contributed by atoms with Crippen LogP contribution in [0.1, 0.15) is 24.2 Å². The zero-order valence-corrected chi connectivity index (χ0v) is 13.8. The summed E-state index contributed by atoms with van der Waals surface area (Å²) in [7, 11) is 0. The average Bonchev–Trinajstić information content (AvgIpc) is 3.27. The van der Waals surface area contributed by atoms with Gasteiger partial charge < -0.3 is 13.9 Å². The van der Waals surface area contributed by atoms with E-state index >= 15 is 0 Å². The lowest BCUT2D eigenvalue weighted by atomic mass is 10.0. The minimum absolute atomic E-state index is 0.280. The second kappa shape index (κ2) is 7.47. The van der Waals surface area contributed by atoms with E-state index in [9.17, 15) is 0 Å². The third kappa shape index (κ3) is 3.53. The molecule has 2 aliphatic rings. The van der Waals surface area contributed by atoms with Crippen molar-refractivity contribution in [2.24, 2.45) is 5.92 Å². The Kier molecular flexibility index (Phi) is 4.92. The van der Waals surface area contributed by atoms with Crippen molar-refractivity contribution in [1.82, 2.24) is 9.88 Å². The Labute approximate surface area is 142 Å². The highest BCUT2D eigenvalue weighted by atomic mass is 16.5. The van der Waals surface area contributed by atoms with E-state index in [0.717, 1.165) is 44.0 Å². The summed E-state index contributed by atoms with van der Waals surface area (Å²) in [5, 5.41) is 0. The maximum Gasteiger partial charge on any atom is 0.117 e. The smallest absolute Gasteiger partial charge is 0.117 e. The van der Waals surface area contributed by atoms with Crippen molar-refractivity contribution >= 4 is 0 Å². The molecule has 24 heavy (non-hydrogen) atoms.